The number of carbonyl (C=O) groups excluding carboxylic acids is 2. The maximum atomic E-state index is 13.3. The molecule has 0 unspecified atom stereocenters. The Balaban J connectivity index is 1.71. The molecule has 6 nitrogen and oxygen atoms in total. The number of aryl methyl sites for hydroxylation is 1. The van der Waals surface area contributed by atoms with E-state index < -0.39 is 0 Å². The zero-order chi connectivity index (χ0) is 17.4. The van der Waals surface area contributed by atoms with Gasteiger partial charge in [0.2, 0.25) is 5.91 Å². The summed E-state index contributed by atoms with van der Waals surface area (Å²) < 4.78 is 1.86. The average Bonchev–Trinajstić information content (AvgIpc) is 3.25. The van der Waals surface area contributed by atoms with E-state index in [1.54, 1.807) is 6.20 Å². The van der Waals surface area contributed by atoms with Crippen LogP contribution in [-0.4, -0.2) is 45.6 Å². The lowest BCUT2D eigenvalue weighted by atomic mass is 9.91. The first-order chi connectivity index (χ1) is 12.2. The molecular weight excluding hydrogens is 316 g/mol. The second kappa shape index (κ2) is 6.35. The van der Waals surface area contributed by atoms with Crippen LogP contribution in [0, 0.1) is 5.92 Å². The molecule has 0 bridgehead atoms. The van der Waals surface area contributed by atoms with Gasteiger partial charge in [-0.1, -0.05) is 30.3 Å². The summed E-state index contributed by atoms with van der Waals surface area (Å²) in [7, 11) is 0. The second-order valence-corrected chi connectivity index (χ2v) is 6.65. The molecular formula is C19H22N4O2. The highest BCUT2D eigenvalue weighted by Gasteiger charge is 2.43. The number of benzene rings is 1. The zero-order valence-corrected chi connectivity index (χ0v) is 14.3. The first-order valence-corrected chi connectivity index (χ1v) is 8.90. The van der Waals surface area contributed by atoms with E-state index in [9.17, 15) is 9.59 Å². The maximum Gasteiger partial charge on any atom is 0.258 e. The number of nitrogens with zero attached hydrogens (tertiary/aromatic N) is 3. The minimum absolute atomic E-state index is 0.0234. The van der Waals surface area contributed by atoms with Gasteiger partial charge in [0.15, 0.2) is 0 Å². The van der Waals surface area contributed by atoms with Crippen molar-refractivity contribution in [3.8, 4) is 11.3 Å². The molecule has 0 saturated carbocycles. The van der Waals surface area contributed by atoms with Crippen LogP contribution in [0.25, 0.3) is 11.3 Å². The van der Waals surface area contributed by atoms with E-state index in [2.05, 4.69) is 10.4 Å². The minimum Gasteiger partial charge on any atom is -0.354 e. The lowest BCUT2D eigenvalue weighted by Crippen LogP contribution is -2.48. The fourth-order valence-electron chi connectivity index (χ4n) is 4.04. The van der Waals surface area contributed by atoms with Crippen LogP contribution in [0.1, 0.15) is 30.1 Å². The smallest absolute Gasteiger partial charge is 0.258 e. The second-order valence-electron chi connectivity index (χ2n) is 6.65. The van der Waals surface area contributed by atoms with Gasteiger partial charge in [0.1, 0.15) is 0 Å². The number of carbonyl (C=O) groups is 2. The number of piperidine rings is 1. The van der Waals surface area contributed by atoms with Crippen LogP contribution in [0.15, 0.2) is 36.5 Å². The van der Waals surface area contributed by atoms with Crippen molar-refractivity contribution < 1.29 is 9.59 Å². The molecule has 1 aromatic carbocycles. The third kappa shape index (κ3) is 2.62. The van der Waals surface area contributed by atoms with E-state index in [-0.39, 0.29) is 23.8 Å². The number of aromatic nitrogens is 2. The standard InChI is InChI=1S/C19H22N4O2/c1-2-23-17(13-7-4-3-5-8-13)15(11-21-23)19(25)22-10-6-9-14-16(22)12-20-18(14)24/h3-5,7-8,11,14,16H,2,6,9-10,12H2,1H3,(H,20,24)/t14-,16-/m1/s1. The molecule has 2 fully saturated rings. The molecule has 4 rings (SSSR count). The summed E-state index contributed by atoms with van der Waals surface area (Å²) >= 11 is 0. The molecule has 2 atom stereocenters. The van der Waals surface area contributed by atoms with Gasteiger partial charge in [-0.2, -0.15) is 5.10 Å². The van der Waals surface area contributed by atoms with Gasteiger partial charge in [-0.3, -0.25) is 14.3 Å². The Bertz CT molecular complexity index is 799. The average molecular weight is 338 g/mol. The summed E-state index contributed by atoms with van der Waals surface area (Å²) in [6, 6.07) is 9.85. The normalized spacial score (nSPS) is 22.6. The number of nitrogens with one attached hydrogen (secondary N) is 1. The van der Waals surface area contributed by atoms with Gasteiger partial charge in [-0.25, -0.2) is 0 Å². The first-order valence-electron chi connectivity index (χ1n) is 8.90. The monoisotopic (exact) mass is 338 g/mol. The molecule has 2 aliphatic rings. The SMILES string of the molecule is CCn1ncc(C(=O)N2CCC[C@H]3C(=O)NC[C@H]32)c1-c1ccccc1. The van der Waals surface area contributed by atoms with Crippen LogP contribution in [0.3, 0.4) is 0 Å². The number of fused-ring (bicyclic) bond motifs is 1. The van der Waals surface area contributed by atoms with Gasteiger partial charge < -0.3 is 10.2 Å². The van der Waals surface area contributed by atoms with Crippen molar-refractivity contribution in [2.24, 2.45) is 5.92 Å². The first kappa shape index (κ1) is 15.9. The van der Waals surface area contributed by atoms with Crippen LogP contribution >= 0.6 is 0 Å². The summed E-state index contributed by atoms with van der Waals surface area (Å²) in [5.41, 5.74) is 2.46. The van der Waals surface area contributed by atoms with Crippen molar-refractivity contribution >= 4 is 11.8 Å². The van der Waals surface area contributed by atoms with E-state index in [4.69, 9.17) is 0 Å². The maximum absolute atomic E-state index is 13.3. The van der Waals surface area contributed by atoms with Crippen molar-refractivity contribution in [2.45, 2.75) is 32.4 Å². The Morgan fingerprint density at radius 2 is 2.12 bits per heavy atom. The van der Waals surface area contributed by atoms with Gasteiger partial charge >= 0.3 is 0 Å². The van der Waals surface area contributed by atoms with E-state index in [0.29, 0.717) is 25.2 Å². The van der Waals surface area contributed by atoms with Gasteiger partial charge in [0.05, 0.1) is 29.4 Å². The molecule has 2 saturated heterocycles. The molecule has 2 aliphatic heterocycles. The predicted octanol–water partition coefficient (Wildman–Crippen LogP) is 1.92. The van der Waals surface area contributed by atoms with Crippen LogP contribution in [0.2, 0.25) is 0 Å². The van der Waals surface area contributed by atoms with Crippen molar-refractivity contribution in [1.82, 2.24) is 20.0 Å². The lowest BCUT2D eigenvalue weighted by Gasteiger charge is -2.35. The third-order valence-electron chi connectivity index (χ3n) is 5.28. The lowest BCUT2D eigenvalue weighted by molar-refractivity contribution is -0.123. The van der Waals surface area contributed by atoms with Crippen molar-refractivity contribution in [3.63, 3.8) is 0 Å². The number of rotatable bonds is 3. The molecule has 25 heavy (non-hydrogen) atoms. The summed E-state index contributed by atoms with van der Waals surface area (Å²) in [6.07, 6.45) is 3.39. The topological polar surface area (TPSA) is 67.2 Å². The number of hydrogen-bond donors (Lipinski definition) is 1. The van der Waals surface area contributed by atoms with Crippen molar-refractivity contribution in [1.29, 1.82) is 0 Å². The van der Waals surface area contributed by atoms with Gasteiger partial charge in [-0.15, -0.1) is 0 Å². The Labute approximate surface area is 146 Å². The third-order valence-corrected chi connectivity index (χ3v) is 5.28. The minimum atomic E-state index is -0.0703. The molecule has 2 amide bonds. The molecule has 0 spiro atoms. The van der Waals surface area contributed by atoms with E-state index in [0.717, 1.165) is 24.1 Å². The molecule has 6 heteroatoms. The molecule has 0 radical (unpaired) electrons. The largest absolute Gasteiger partial charge is 0.354 e. The summed E-state index contributed by atoms with van der Waals surface area (Å²) in [5, 5.41) is 7.32. The Hall–Kier alpha value is -2.63. The fraction of sp³-hybridized carbons (Fsp3) is 0.421. The highest BCUT2D eigenvalue weighted by atomic mass is 16.2. The fourth-order valence-corrected chi connectivity index (χ4v) is 4.04. The predicted molar refractivity (Wildman–Crippen MR) is 93.9 cm³/mol. The van der Waals surface area contributed by atoms with Crippen molar-refractivity contribution in [2.75, 3.05) is 13.1 Å². The molecule has 130 valence electrons. The molecule has 2 aromatic rings. The van der Waals surface area contributed by atoms with E-state index in [1.165, 1.54) is 0 Å². The van der Waals surface area contributed by atoms with Crippen LogP contribution in [0.5, 0.6) is 0 Å². The number of amides is 2. The molecule has 0 aliphatic carbocycles. The molecule has 1 aromatic heterocycles. The zero-order valence-electron chi connectivity index (χ0n) is 14.3. The highest BCUT2D eigenvalue weighted by Crippen LogP contribution is 2.31. The molecule has 1 N–H and O–H groups in total. The highest BCUT2D eigenvalue weighted by molar-refractivity contribution is 6.00. The van der Waals surface area contributed by atoms with E-state index in [1.807, 2.05) is 46.8 Å². The van der Waals surface area contributed by atoms with Gasteiger partial charge in [-0.05, 0) is 19.8 Å². The van der Waals surface area contributed by atoms with E-state index >= 15 is 0 Å². The van der Waals surface area contributed by atoms with Gasteiger partial charge in [0.25, 0.3) is 5.91 Å². The van der Waals surface area contributed by atoms with Gasteiger partial charge in [0, 0.05) is 25.2 Å². The Morgan fingerprint density at radius 3 is 2.88 bits per heavy atom. The number of likely N-dealkylation sites (tertiary alicyclic amines) is 1. The van der Waals surface area contributed by atoms with Crippen LogP contribution in [0.4, 0.5) is 0 Å². The number of hydrogen-bond acceptors (Lipinski definition) is 3. The molecule has 3 heterocycles. The Kier molecular flexibility index (Phi) is 4.03. The van der Waals surface area contributed by atoms with Crippen LogP contribution in [-0.2, 0) is 11.3 Å². The quantitative estimate of drug-likeness (QED) is 0.930. The summed E-state index contributed by atoms with van der Waals surface area (Å²) in [6.45, 7) is 3.96. The van der Waals surface area contributed by atoms with Crippen molar-refractivity contribution in [3.05, 3.63) is 42.1 Å². The Morgan fingerprint density at radius 1 is 1.32 bits per heavy atom. The summed E-state index contributed by atoms with van der Waals surface area (Å²) in [4.78, 5) is 27.2. The van der Waals surface area contributed by atoms with Crippen LogP contribution < -0.4 is 5.32 Å². The summed E-state index contributed by atoms with van der Waals surface area (Å²) in [5.74, 6) is -0.0149.